The van der Waals surface area contributed by atoms with Crippen LogP contribution in [0.15, 0.2) is 57.7 Å². The molecule has 0 unspecified atom stereocenters. The zero-order valence-electron chi connectivity index (χ0n) is 17.1. The van der Waals surface area contributed by atoms with Gasteiger partial charge in [0, 0.05) is 41.7 Å². The summed E-state index contributed by atoms with van der Waals surface area (Å²) < 4.78 is 10.6. The summed E-state index contributed by atoms with van der Waals surface area (Å²) >= 11 is 6.48. The Morgan fingerprint density at radius 1 is 1.14 bits per heavy atom. The number of halogens is 1. The lowest BCUT2D eigenvalue weighted by atomic mass is 10.0. The van der Waals surface area contributed by atoms with Crippen molar-refractivity contribution in [3.63, 3.8) is 0 Å². The van der Waals surface area contributed by atoms with Gasteiger partial charge >= 0.3 is 5.63 Å². The molecule has 1 atom stereocenters. The molecule has 0 radical (unpaired) electrons. The molecule has 0 spiro atoms. The van der Waals surface area contributed by atoms with Gasteiger partial charge in [-0.2, -0.15) is 0 Å². The molecule has 3 rings (SSSR count). The number of methoxy groups -OCH3 is 1. The van der Waals surface area contributed by atoms with E-state index in [9.17, 15) is 4.79 Å². The summed E-state index contributed by atoms with van der Waals surface area (Å²) in [4.78, 5) is 14.4. The fraction of sp³-hybridized carbons (Fsp3) is 0.348. The standard InChI is InChI=1S/C23H27ClN2O3/c1-4-26(5-2)21(19-8-6-7-9-20(19)24)15-25-14-16-12-23(27)29-22-13-17(28-3)10-11-18(16)22/h6-13,21,25H,4-5,14-15H2,1-3H3/t21-/m0/s1. The summed E-state index contributed by atoms with van der Waals surface area (Å²) in [7, 11) is 1.59. The van der Waals surface area contributed by atoms with E-state index in [0.717, 1.165) is 34.6 Å². The third-order valence-corrected chi connectivity index (χ3v) is 5.55. The average molecular weight is 415 g/mol. The van der Waals surface area contributed by atoms with Gasteiger partial charge in [-0.25, -0.2) is 4.79 Å². The van der Waals surface area contributed by atoms with Gasteiger partial charge in [0.25, 0.3) is 0 Å². The minimum absolute atomic E-state index is 0.144. The fourth-order valence-electron chi connectivity index (χ4n) is 3.67. The summed E-state index contributed by atoms with van der Waals surface area (Å²) in [5, 5.41) is 5.18. The summed E-state index contributed by atoms with van der Waals surface area (Å²) in [6, 6.07) is 15.2. The second kappa shape index (κ2) is 9.92. The van der Waals surface area contributed by atoms with Crippen LogP contribution in [0.1, 0.15) is 31.0 Å². The number of nitrogens with zero attached hydrogens (tertiary/aromatic N) is 1. The van der Waals surface area contributed by atoms with Crippen molar-refractivity contribution < 1.29 is 9.15 Å². The van der Waals surface area contributed by atoms with E-state index in [-0.39, 0.29) is 11.7 Å². The Labute approximate surface area is 176 Å². The van der Waals surface area contributed by atoms with E-state index in [0.29, 0.717) is 24.4 Å². The normalized spacial score (nSPS) is 12.4. The predicted octanol–water partition coefficient (Wildman–Crippen LogP) is 4.63. The molecule has 0 fully saturated rings. The fourth-order valence-corrected chi connectivity index (χ4v) is 3.93. The number of likely N-dealkylation sites (N-methyl/N-ethyl adjacent to an activating group) is 1. The average Bonchev–Trinajstić information content (AvgIpc) is 2.73. The van der Waals surface area contributed by atoms with E-state index in [2.05, 4.69) is 30.1 Å². The lowest BCUT2D eigenvalue weighted by Gasteiger charge is -2.31. The van der Waals surface area contributed by atoms with Gasteiger partial charge in [0.05, 0.1) is 7.11 Å². The van der Waals surface area contributed by atoms with Crippen LogP contribution >= 0.6 is 11.6 Å². The Morgan fingerprint density at radius 2 is 1.90 bits per heavy atom. The lowest BCUT2D eigenvalue weighted by Crippen LogP contribution is -2.36. The van der Waals surface area contributed by atoms with Gasteiger partial charge in [0.2, 0.25) is 0 Å². The van der Waals surface area contributed by atoms with Gasteiger partial charge in [0.1, 0.15) is 11.3 Å². The molecule has 154 valence electrons. The molecule has 1 N–H and O–H groups in total. The first kappa shape index (κ1) is 21.4. The van der Waals surface area contributed by atoms with E-state index in [4.69, 9.17) is 20.8 Å². The molecule has 5 nitrogen and oxygen atoms in total. The van der Waals surface area contributed by atoms with Crippen LogP contribution in [0.2, 0.25) is 5.02 Å². The second-order valence-electron chi connectivity index (χ2n) is 6.84. The molecule has 0 aliphatic rings. The van der Waals surface area contributed by atoms with Crippen molar-refractivity contribution in [3.8, 4) is 5.75 Å². The zero-order valence-corrected chi connectivity index (χ0v) is 17.8. The maximum atomic E-state index is 12.0. The van der Waals surface area contributed by atoms with Gasteiger partial charge in [-0.3, -0.25) is 4.90 Å². The van der Waals surface area contributed by atoms with Gasteiger partial charge in [-0.05, 0) is 42.4 Å². The second-order valence-corrected chi connectivity index (χ2v) is 7.25. The van der Waals surface area contributed by atoms with Gasteiger partial charge < -0.3 is 14.5 Å². The van der Waals surface area contributed by atoms with Crippen LogP contribution in [0.5, 0.6) is 5.75 Å². The molecule has 0 saturated carbocycles. The Balaban J connectivity index is 1.82. The minimum atomic E-state index is -0.367. The molecular formula is C23H27ClN2O3. The summed E-state index contributed by atoms with van der Waals surface area (Å²) in [5.41, 5.74) is 2.16. The van der Waals surface area contributed by atoms with Crippen LogP contribution in [0.3, 0.4) is 0 Å². The number of hydrogen-bond donors (Lipinski definition) is 1. The molecule has 1 aromatic heterocycles. The van der Waals surface area contributed by atoms with Gasteiger partial charge in [0.15, 0.2) is 0 Å². The first-order valence-corrected chi connectivity index (χ1v) is 10.2. The van der Waals surface area contributed by atoms with E-state index in [1.54, 1.807) is 19.2 Å². The number of hydrogen-bond acceptors (Lipinski definition) is 5. The molecule has 0 saturated heterocycles. The van der Waals surface area contributed by atoms with Crippen molar-refractivity contribution in [3.05, 3.63) is 75.1 Å². The first-order valence-electron chi connectivity index (χ1n) is 9.87. The lowest BCUT2D eigenvalue weighted by molar-refractivity contribution is 0.213. The zero-order chi connectivity index (χ0) is 20.8. The van der Waals surface area contributed by atoms with Gasteiger partial charge in [-0.15, -0.1) is 0 Å². The molecule has 2 aromatic carbocycles. The van der Waals surface area contributed by atoms with Crippen LogP contribution in [0.4, 0.5) is 0 Å². The van der Waals surface area contributed by atoms with Crippen molar-refractivity contribution >= 4 is 22.6 Å². The highest BCUT2D eigenvalue weighted by Gasteiger charge is 2.20. The Morgan fingerprint density at radius 3 is 2.59 bits per heavy atom. The quantitative estimate of drug-likeness (QED) is 0.517. The van der Waals surface area contributed by atoms with Crippen LogP contribution in [0.25, 0.3) is 11.0 Å². The highest BCUT2D eigenvalue weighted by atomic mass is 35.5. The monoisotopic (exact) mass is 414 g/mol. The molecule has 29 heavy (non-hydrogen) atoms. The van der Waals surface area contributed by atoms with Crippen molar-refractivity contribution in [2.75, 3.05) is 26.7 Å². The maximum Gasteiger partial charge on any atom is 0.336 e. The summed E-state index contributed by atoms with van der Waals surface area (Å²) in [5.74, 6) is 0.658. The van der Waals surface area contributed by atoms with Crippen LogP contribution < -0.4 is 15.7 Å². The Hall–Kier alpha value is -2.34. The molecule has 6 heteroatoms. The minimum Gasteiger partial charge on any atom is -0.497 e. The number of nitrogens with one attached hydrogen (secondary N) is 1. The molecule has 3 aromatic rings. The van der Waals surface area contributed by atoms with Crippen molar-refractivity contribution in [1.82, 2.24) is 10.2 Å². The number of rotatable bonds is 9. The number of benzene rings is 2. The Kier molecular flexibility index (Phi) is 7.31. The highest BCUT2D eigenvalue weighted by molar-refractivity contribution is 6.31. The van der Waals surface area contributed by atoms with E-state index in [1.807, 2.05) is 30.3 Å². The molecule has 0 aliphatic heterocycles. The maximum absolute atomic E-state index is 12.0. The van der Waals surface area contributed by atoms with Crippen molar-refractivity contribution in [1.29, 1.82) is 0 Å². The van der Waals surface area contributed by atoms with E-state index >= 15 is 0 Å². The topological polar surface area (TPSA) is 54.7 Å². The summed E-state index contributed by atoms with van der Waals surface area (Å²) in [6.45, 7) is 7.41. The third-order valence-electron chi connectivity index (χ3n) is 5.21. The van der Waals surface area contributed by atoms with E-state index < -0.39 is 0 Å². The van der Waals surface area contributed by atoms with E-state index in [1.165, 1.54) is 0 Å². The first-order chi connectivity index (χ1) is 14.1. The van der Waals surface area contributed by atoms with Crippen LogP contribution in [-0.4, -0.2) is 31.6 Å². The summed E-state index contributed by atoms with van der Waals surface area (Å²) in [6.07, 6.45) is 0. The molecule has 0 bridgehead atoms. The molecule has 0 aliphatic carbocycles. The number of ether oxygens (including phenoxy) is 1. The van der Waals surface area contributed by atoms with Crippen molar-refractivity contribution in [2.45, 2.75) is 26.4 Å². The van der Waals surface area contributed by atoms with Gasteiger partial charge in [-0.1, -0.05) is 43.6 Å². The highest BCUT2D eigenvalue weighted by Crippen LogP contribution is 2.27. The Bertz CT molecular complexity index is 1010. The predicted molar refractivity (Wildman–Crippen MR) is 118 cm³/mol. The largest absolute Gasteiger partial charge is 0.497 e. The van der Waals surface area contributed by atoms with Crippen LogP contribution in [0, 0.1) is 0 Å². The van der Waals surface area contributed by atoms with Crippen LogP contribution in [-0.2, 0) is 6.54 Å². The smallest absolute Gasteiger partial charge is 0.336 e. The SMILES string of the molecule is CCN(CC)[C@@H](CNCc1cc(=O)oc2cc(OC)ccc12)c1ccccc1Cl. The molecular weight excluding hydrogens is 388 g/mol. The number of fused-ring (bicyclic) bond motifs is 1. The van der Waals surface area contributed by atoms with Crippen molar-refractivity contribution in [2.24, 2.45) is 0 Å². The molecule has 1 heterocycles. The molecule has 0 amide bonds. The third kappa shape index (κ3) is 4.99.